The first-order valence-electron chi connectivity index (χ1n) is 7.73. The molecule has 114 valence electrons. The first-order chi connectivity index (χ1) is 10.3. The number of ether oxygens (including phenoxy) is 1. The van der Waals surface area contributed by atoms with Gasteiger partial charge in [0, 0.05) is 44.6 Å². The maximum absolute atomic E-state index is 12.2. The van der Waals surface area contributed by atoms with E-state index in [4.69, 9.17) is 4.74 Å². The number of carbonyl (C=O) groups is 1. The van der Waals surface area contributed by atoms with Crippen LogP contribution >= 0.6 is 0 Å². The fraction of sp³-hybridized carbons (Fsp3) is 0.667. The molecule has 0 radical (unpaired) electrons. The van der Waals surface area contributed by atoms with Gasteiger partial charge in [-0.15, -0.1) is 0 Å². The highest BCUT2D eigenvalue weighted by atomic mass is 16.5. The van der Waals surface area contributed by atoms with Crippen LogP contribution in [0.25, 0.3) is 0 Å². The largest absolute Gasteiger partial charge is 0.376 e. The number of nitrogens with one attached hydrogen (secondary N) is 1. The van der Waals surface area contributed by atoms with Crippen LogP contribution in [0.5, 0.6) is 0 Å². The van der Waals surface area contributed by atoms with Crippen LogP contribution in [0.2, 0.25) is 0 Å². The Balaban J connectivity index is 1.43. The van der Waals surface area contributed by atoms with E-state index in [9.17, 15) is 4.79 Å². The number of rotatable bonds is 4. The van der Waals surface area contributed by atoms with Gasteiger partial charge in [0.1, 0.15) is 5.82 Å². The van der Waals surface area contributed by atoms with E-state index < -0.39 is 0 Å². The van der Waals surface area contributed by atoms with Gasteiger partial charge in [0.25, 0.3) is 0 Å². The summed E-state index contributed by atoms with van der Waals surface area (Å²) in [5.74, 6) is 1.18. The predicted molar refractivity (Wildman–Crippen MR) is 79.0 cm³/mol. The van der Waals surface area contributed by atoms with Gasteiger partial charge in [0.05, 0.1) is 12.3 Å². The molecule has 3 rings (SSSR count). The third-order valence-corrected chi connectivity index (χ3v) is 4.27. The smallest absolute Gasteiger partial charge is 0.223 e. The van der Waals surface area contributed by atoms with Crippen molar-refractivity contribution in [1.29, 1.82) is 0 Å². The Morgan fingerprint density at radius 3 is 2.86 bits per heavy atom. The second-order valence-electron chi connectivity index (χ2n) is 5.71. The molecule has 6 nitrogen and oxygen atoms in total. The molecule has 0 bridgehead atoms. The van der Waals surface area contributed by atoms with Gasteiger partial charge < -0.3 is 15.0 Å². The Bertz CT molecular complexity index is 454. The maximum atomic E-state index is 12.2. The minimum atomic E-state index is 0.110. The Labute approximate surface area is 124 Å². The molecule has 1 atom stereocenters. The van der Waals surface area contributed by atoms with Crippen LogP contribution < -0.4 is 10.2 Å². The van der Waals surface area contributed by atoms with Gasteiger partial charge in [-0.3, -0.25) is 9.78 Å². The van der Waals surface area contributed by atoms with E-state index in [0.717, 1.165) is 51.2 Å². The summed E-state index contributed by atoms with van der Waals surface area (Å²) in [6, 6.07) is 0. The van der Waals surface area contributed by atoms with Crippen molar-refractivity contribution in [3.05, 3.63) is 18.6 Å². The zero-order valence-corrected chi connectivity index (χ0v) is 12.2. The monoisotopic (exact) mass is 290 g/mol. The van der Waals surface area contributed by atoms with Crippen LogP contribution in [0.4, 0.5) is 5.82 Å². The topological polar surface area (TPSA) is 67.3 Å². The summed E-state index contributed by atoms with van der Waals surface area (Å²) in [6.45, 7) is 3.20. The van der Waals surface area contributed by atoms with E-state index in [2.05, 4.69) is 20.2 Å². The molecule has 2 aliphatic rings. The Hall–Kier alpha value is -1.69. The normalized spacial score (nSPS) is 23.2. The van der Waals surface area contributed by atoms with Crippen LogP contribution in [-0.4, -0.2) is 48.2 Å². The molecule has 1 N–H and O–H groups in total. The Morgan fingerprint density at radius 1 is 1.33 bits per heavy atom. The quantitative estimate of drug-likeness (QED) is 0.895. The van der Waals surface area contributed by atoms with E-state index in [0.29, 0.717) is 6.54 Å². The maximum Gasteiger partial charge on any atom is 0.223 e. The van der Waals surface area contributed by atoms with Gasteiger partial charge in [-0.2, -0.15) is 0 Å². The van der Waals surface area contributed by atoms with Crippen molar-refractivity contribution in [2.75, 3.05) is 31.1 Å². The number of anilines is 1. The van der Waals surface area contributed by atoms with E-state index in [-0.39, 0.29) is 17.9 Å². The lowest BCUT2D eigenvalue weighted by atomic mass is 9.96. The summed E-state index contributed by atoms with van der Waals surface area (Å²) in [7, 11) is 0. The molecular formula is C15H22N4O2. The summed E-state index contributed by atoms with van der Waals surface area (Å²) < 4.78 is 5.53. The zero-order valence-electron chi connectivity index (χ0n) is 12.2. The van der Waals surface area contributed by atoms with Gasteiger partial charge in [-0.25, -0.2) is 4.98 Å². The van der Waals surface area contributed by atoms with Crippen molar-refractivity contribution in [2.45, 2.75) is 31.8 Å². The van der Waals surface area contributed by atoms with E-state index >= 15 is 0 Å². The average Bonchev–Trinajstić information content (AvgIpc) is 3.07. The molecule has 2 saturated heterocycles. The highest BCUT2D eigenvalue weighted by molar-refractivity contribution is 5.79. The van der Waals surface area contributed by atoms with E-state index in [1.165, 1.54) is 0 Å². The van der Waals surface area contributed by atoms with Crippen molar-refractivity contribution >= 4 is 11.7 Å². The molecular weight excluding hydrogens is 268 g/mol. The molecule has 1 unspecified atom stereocenters. The minimum absolute atomic E-state index is 0.110. The molecule has 0 aliphatic carbocycles. The first kappa shape index (κ1) is 14.3. The predicted octanol–water partition coefficient (Wildman–Crippen LogP) is 0.988. The van der Waals surface area contributed by atoms with Gasteiger partial charge in [-0.05, 0) is 25.7 Å². The highest BCUT2D eigenvalue weighted by Gasteiger charge is 2.26. The fourth-order valence-corrected chi connectivity index (χ4v) is 2.99. The van der Waals surface area contributed by atoms with Crippen LogP contribution in [0.3, 0.4) is 0 Å². The third-order valence-electron chi connectivity index (χ3n) is 4.27. The number of aromatic nitrogens is 2. The molecule has 21 heavy (non-hydrogen) atoms. The molecule has 2 aliphatic heterocycles. The lowest BCUT2D eigenvalue weighted by Gasteiger charge is -2.32. The second-order valence-corrected chi connectivity index (χ2v) is 5.71. The van der Waals surface area contributed by atoms with Crippen molar-refractivity contribution < 1.29 is 9.53 Å². The first-order valence-corrected chi connectivity index (χ1v) is 7.73. The molecule has 3 heterocycles. The molecule has 0 spiro atoms. The molecule has 1 aromatic heterocycles. The molecule has 2 fully saturated rings. The van der Waals surface area contributed by atoms with Crippen LogP contribution in [-0.2, 0) is 9.53 Å². The lowest BCUT2D eigenvalue weighted by molar-refractivity contribution is -0.126. The van der Waals surface area contributed by atoms with E-state index in [1.807, 2.05) is 0 Å². The summed E-state index contributed by atoms with van der Waals surface area (Å²) in [5.41, 5.74) is 0. The average molecular weight is 290 g/mol. The number of nitrogens with zero attached hydrogens (tertiary/aromatic N) is 3. The number of piperidine rings is 1. The third kappa shape index (κ3) is 3.69. The summed E-state index contributed by atoms with van der Waals surface area (Å²) in [6.07, 6.45) is 9.28. The van der Waals surface area contributed by atoms with Crippen LogP contribution in [0.15, 0.2) is 18.6 Å². The number of hydrogen-bond acceptors (Lipinski definition) is 5. The standard InChI is InChI=1S/C15H22N4O2/c20-15(18-10-13-2-1-9-21-13)12-3-7-19(8-4-12)14-11-16-5-6-17-14/h5-6,11-13H,1-4,7-10H2,(H,18,20). The van der Waals surface area contributed by atoms with Gasteiger partial charge in [0.2, 0.25) is 5.91 Å². The van der Waals surface area contributed by atoms with Crippen molar-refractivity contribution in [2.24, 2.45) is 5.92 Å². The van der Waals surface area contributed by atoms with Crippen molar-refractivity contribution in [3.8, 4) is 0 Å². The van der Waals surface area contributed by atoms with Gasteiger partial charge in [0.15, 0.2) is 0 Å². The van der Waals surface area contributed by atoms with E-state index in [1.54, 1.807) is 18.6 Å². The minimum Gasteiger partial charge on any atom is -0.376 e. The number of carbonyl (C=O) groups excluding carboxylic acids is 1. The van der Waals surface area contributed by atoms with Crippen molar-refractivity contribution in [3.63, 3.8) is 0 Å². The Morgan fingerprint density at radius 2 is 2.19 bits per heavy atom. The van der Waals surface area contributed by atoms with Gasteiger partial charge in [-0.1, -0.05) is 0 Å². The molecule has 1 amide bonds. The molecule has 1 aromatic rings. The van der Waals surface area contributed by atoms with Crippen LogP contribution in [0.1, 0.15) is 25.7 Å². The second kappa shape index (κ2) is 6.85. The fourth-order valence-electron chi connectivity index (χ4n) is 2.99. The van der Waals surface area contributed by atoms with Crippen LogP contribution in [0, 0.1) is 5.92 Å². The summed E-state index contributed by atoms with van der Waals surface area (Å²) in [5, 5.41) is 3.04. The highest BCUT2D eigenvalue weighted by Crippen LogP contribution is 2.21. The number of amides is 1. The summed E-state index contributed by atoms with van der Waals surface area (Å²) >= 11 is 0. The SMILES string of the molecule is O=C(NCC1CCCO1)C1CCN(c2cnccn2)CC1. The molecule has 0 aromatic carbocycles. The summed E-state index contributed by atoms with van der Waals surface area (Å²) in [4.78, 5) is 22.8. The van der Waals surface area contributed by atoms with Crippen molar-refractivity contribution in [1.82, 2.24) is 15.3 Å². The van der Waals surface area contributed by atoms with Gasteiger partial charge >= 0.3 is 0 Å². The molecule has 0 saturated carbocycles. The molecule has 6 heteroatoms. The number of hydrogen-bond donors (Lipinski definition) is 1. The zero-order chi connectivity index (χ0) is 14.5. The Kier molecular flexibility index (Phi) is 4.65. The lowest BCUT2D eigenvalue weighted by Crippen LogP contribution is -2.42.